The minimum atomic E-state index is 0.499. The van der Waals surface area contributed by atoms with E-state index in [9.17, 15) is 0 Å². The summed E-state index contributed by atoms with van der Waals surface area (Å²) in [7, 11) is 2.18. The van der Waals surface area contributed by atoms with Crippen molar-refractivity contribution in [3.63, 3.8) is 0 Å². The Labute approximate surface area is 93.5 Å². The van der Waals surface area contributed by atoms with Crippen molar-refractivity contribution in [2.24, 2.45) is 0 Å². The second-order valence-corrected chi connectivity index (χ2v) is 4.12. The van der Waals surface area contributed by atoms with Crippen LogP contribution in [-0.2, 0) is 0 Å². The van der Waals surface area contributed by atoms with E-state index in [4.69, 9.17) is 0 Å². The maximum Gasteiger partial charge on any atom is 0.0420 e. The van der Waals surface area contributed by atoms with E-state index < -0.39 is 0 Å². The van der Waals surface area contributed by atoms with E-state index in [1.165, 1.54) is 18.4 Å². The maximum atomic E-state index is 3.78. The van der Waals surface area contributed by atoms with Gasteiger partial charge < -0.3 is 0 Å². The molecule has 0 N–H and O–H groups in total. The molecule has 2 unspecified atom stereocenters. The van der Waals surface area contributed by atoms with Crippen LogP contribution < -0.4 is 0 Å². The molecule has 0 spiro atoms. The van der Waals surface area contributed by atoms with Gasteiger partial charge in [-0.3, -0.25) is 4.90 Å². The van der Waals surface area contributed by atoms with Crippen molar-refractivity contribution in [3.05, 3.63) is 42.2 Å². The lowest BCUT2D eigenvalue weighted by Gasteiger charge is -2.23. The van der Waals surface area contributed by atoms with E-state index in [1.807, 2.05) is 19.1 Å². The summed E-state index contributed by atoms with van der Waals surface area (Å²) < 4.78 is 0. The Morgan fingerprint density at radius 2 is 2.13 bits per heavy atom. The van der Waals surface area contributed by atoms with Gasteiger partial charge in [0.05, 0.1) is 0 Å². The van der Waals surface area contributed by atoms with Crippen molar-refractivity contribution in [1.29, 1.82) is 0 Å². The fraction of sp³-hybridized carbons (Fsp3) is 0.500. The van der Waals surface area contributed by atoms with Crippen molar-refractivity contribution in [2.75, 3.05) is 7.05 Å². The predicted molar refractivity (Wildman–Crippen MR) is 66.9 cm³/mol. The first-order valence-electron chi connectivity index (χ1n) is 5.62. The quantitative estimate of drug-likeness (QED) is 0.502. The van der Waals surface area contributed by atoms with Crippen LogP contribution in [-0.4, -0.2) is 24.0 Å². The maximum absolute atomic E-state index is 3.78. The molecule has 1 nitrogen and oxygen atoms in total. The molecular weight excluding hydrogens is 182 g/mol. The molecule has 82 valence electrons. The van der Waals surface area contributed by atoms with Gasteiger partial charge >= 0.3 is 0 Å². The van der Waals surface area contributed by atoms with Gasteiger partial charge in [0.1, 0.15) is 0 Å². The van der Waals surface area contributed by atoms with E-state index in [0.717, 1.165) is 0 Å². The summed E-state index contributed by atoms with van der Waals surface area (Å²) in [6, 6.07) is 1.17. The first-order chi connectivity index (χ1) is 7.20. The molecule has 1 aliphatic rings. The first kappa shape index (κ1) is 12.0. The number of nitrogens with zero attached hydrogens (tertiary/aromatic N) is 1. The number of likely N-dealkylation sites (N-methyl/N-ethyl adjacent to an activating group) is 1. The van der Waals surface area contributed by atoms with Gasteiger partial charge in [0.25, 0.3) is 0 Å². The number of rotatable bonds is 3. The molecule has 0 aromatic rings. The van der Waals surface area contributed by atoms with E-state index >= 15 is 0 Å². The van der Waals surface area contributed by atoms with Gasteiger partial charge in [0.15, 0.2) is 0 Å². The summed E-state index contributed by atoms with van der Waals surface area (Å²) >= 11 is 0. The minimum Gasteiger partial charge on any atom is -0.296 e. The van der Waals surface area contributed by atoms with Crippen LogP contribution in [0.15, 0.2) is 42.2 Å². The average molecular weight is 203 g/mol. The van der Waals surface area contributed by atoms with Crippen LogP contribution in [0.1, 0.15) is 26.7 Å². The molecule has 1 fully saturated rings. The van der Waals surface area contributed by atoms with Crippen molar-refractivity contribution < 1.29 is 0 Å². The van der Waals surface area contributed by atoms with Gasteiger partial charge in [-0.25, -0.2) is 0 Å². The van der Waals surface area contributed by atoms with Crippen molar-refractivity contribution in [1.82, 2.24) is 4.90 Å². The summed E-state index contributed by atoms with van der Waals surface area (Å²) in [6.07, 6.45) is 10.7. The third-order valence-electron chi connectivity index (χ3n) is 3.19. The Morgan fingerprint density at radius 1 is 1.40 bits per heavy atom. The van der Waals surface area contributed by atoms with Gasteiger partial charge in [-0.05, 0) is 39.8 Å². The molecule has 0 amide bonds. The third-order valence-corrected chi connectivity index (χ3v) is 3.19. The van der Waals surface area contributed by atoms with Crippen molar-refractivity contribution in [3.8, 4) is 0 Å². The molecule has 0 bridgehead atoms. The number of allylic oxidation sites excluding steroid dienone is 3. The number of hydrogen-bond donors (Lipinski definition) is 0. The highest BCUT2D eigenvalue weighted by atomic mass is 15.2. The monoisotopic (exact) mass is 203 g/mol. The Balaban J connectivity index is 2.73. The molecule has 2 atom stereocenters. The molecule has 1 aliphatic heterocycles. The second-order valence-electron chi connectivity index (χ2n) is 4.12. The van der Waals surface area contributed by atoms with E-state index in [2.05, 4.69) is 43.3 Å². The molecule has 0 aromatic heterocycles. The summed E-state index contributed by atoms with van der Waals surface area (Å²) in [6.45, 7) is 8.07. The largest absolute Gasteiger partial charge is 0.296 e. The fourth-order valence-electron chi connectivity index (χ4n) is 2.05. The molecule has 1 saturated heterocycles. The molecule has 0 aliphatic carbocycles. The Bertz CT molecular complexity index is 305. The number of likely N-dealkylation sites (tertiary alicyclic amines) is 1. The smallest absolute Gasteiger partial charge is 0.0420 e. The highest BCUT2D eigenvalue weighted by Gasteiger charge is 2.28. The van der Waals surface area contributed by atoms with Gasteiger partial charge in [-0.1, -0.05) is 24.8 Å². The van der Waals surface area contributed by atoms with Crippen LogP contribution in [0.25, 0.3) is 0 Å². The molecule has 0 aromatic carbocycles. The third kappa shape index (κ3) is 2.95. The molecule has 1 heterocycles. The normalized spacial score (nSPS) is 27.7. The van der Waals surface area contributed by atoms with Crippen LogP contribution in [0.3, 0.4) is 0 Å². The van der Waals surface area contributed by atoms with E-state index in [0.29, 0.717) is 12.1 Å². The predicted octanol–water partition coefficient (Wildman–Crippen LogP) is 3.31. The average Bonchev–Trinajstić information content (AvgIpc) is 2.56. The number of hydrogen-bond acceptors (Lipinski definition) is 1. The van der Waals surface area contributed by atoms with Gasteiger partial charge in [-0.15, -0.1) is 5.73 Å². The summed E-state index contributed by atoms with van der Waals surface area (Å²) in [5.41, 5.74) is 4.27. The van der Waals surface area contributed by atoms with Crippen LogP contribution in [0.5, 0.6) is 0 Å². The minimum absolute atomic E-state index is 0.499. The fourth-order valence-corrected chi connectivity index (χ4v) is 2.05. The van der Waals surface area contributed by atoms with Crippen LogP contribution in [0, 0.1) is 0 Å². The molecule has 1 heteroatoms. The zero-order chi connectivity index (χ0) is 11.3. The lowest BCUT2D eigenvalue weighted by atomic mass is 10.1. The second kappa shape index (κ2) is 5.75. The van der Waals surface area contributed by atoms with Gasteiger partial charge in [-0.2, -0.15) is 0 Å². The lowest BCUT2D eigenvalue weighted by Crippen LogP contribution is -2.31. The Hall–Kier alpha value is -1.04. The van der Waals surface area contributed by atoms with Gasteiger partial charge in [0.2, 0.25) is 0 Å². The summed E-state index contributed by atoms with van der Waals surface area (Å²) in [5, 5.41) is 0. The zero-order valence-electron chi connectivity index (χ0n) is 10.0. The summed E-state index contributed by atoms with van der Waals surface area (Å²) in [5.74, 6) is 0. The van der Waals surface area contributed by atoms with E-state index in [1.54, 1.807) is 0 Å². The Kier molecular flexibility index (Phi) is 4.61. The van der Waals surface area contributed by atoms with Crippen molar-refractivity contribution >= 4 is 0 Å². The van der Waals surface area contributed by atoms with Crippen LogP contribution in [0.2, 0.25) is 0 Å². The van der Waals surface area contributed by atoms with Crippen LogP contribution >= 0.6 is 0 Å². The summed E-state index contributed by atoms with van der Waals surface area (Å²) in [4.78, 5) is 2.41. The Morgan fingerprint density at radius 3 is 2.60 bits per heavy atom. The molecule has 0 radical (unpaired) electrons. The highest BCUT2D eigenvalue weighted by Crippen LogP contribution is 2.27. The molecule has 15 heavy (non-hydrogen) atoms. The molecule has 0 saturated carbocycles. The highest BCUT2D eigenvalue weighted by molar-refractivity contribution is 5.27. The lowest BCUT2D eigenvalue weighted by molar-refractivity contribution is 0.281. The standard InChI is InChI=1S/C14H21N/c1-5-7-8-9-13(6-2)14-11-10-12(3)15(14)4/h5,7-9,12,14H,2,10-11H2,1,3-4H3/b7-5-,9-8-. The first-order valence-corrected chi connectivity index (χ1v) is 5.62. The van der Waals surface area contributed by atoms with Crippen molar-refractivity contribution in [2.45, 2.75) is 38.8 Å². The zero-order valence-corrected chi connectivity index (χ0v) is 10.0. The topological polar surface area (TPSA) is 3.24 Å². The van der Waals surface area contributed by atoms with Gasteiger partial charge in [0, 0.05) is 17.7 Å². The molecule has 1 rings (SSSR count). The SMILES string of the molecule is C=C=C(/C=C\C=C/C)C1CCC(C)N1C. The van der Waals surface area contributed by atoms with E-state index in [-0.39, 0.29) is 0 Å². The van der Waals surface area contributed by atoms with Crippen LogP contribution in [0.4, 0.5) is 0 Å². The molecular formula is C14H21N.